The van der Waals surface area contributed by atoms with Crippen molar-refractivity contribution in [2.75, 3.05) is 106 Å². The first-order valence-electron chi connectivity index (χ1n) is 20.2. The van der Waals surface area contributed by atoms with Gasteiger partial charge in [0, 0.05) is 90.5 Å². The number of amides is 3. The minimum atomic E-state index is -0.311. The third-order valence-electron chi connectivity index (χ3n) is 11.1. The number of likely N-dealkylation sites (tertiary alicyclic amines) is 1. The zero-order valence-electron chi connectivity index (χ0n) is 32.4. The summed E-state index contributed by atoms with van der Waals surface area (Å²) in [5.74, 6) is 0.171. The topological polar surface area (TPSA) is 155 Å². The molecule has 15 heteroatoms. The summed E-state index contributed by atoms with van der Waals surface area (Å²) in [6.07, 6.45) is 17.2. The van der Waals surface area contributed by atoms with Gasteiger partial charge in [-0.1, -0.05) is 51.4 Å². The number of nitrogens with zero attached hydrogens (tertiary/aromatic N) is 4. The second-order valence-electron chi connectivity index (χ2n) is 14.8. The molecule has 3 amide bonds. The van der Waals surface area contributed by atoms with E-state index < -0.39 is 0 Å². The standard InChI is InChI=1S/C39H65N6O8.Tb/c1-43-15-12-37(45(43)36-10-6-3-7-11-36)27-33(28-40)39(48)44-29-34(32-8-4-2-5-9-32)26-35(30-44)38(47)42-14-17-50-19-21-52-23-25-53-24-22-51-20-18-49-16-13-41-31-46;/h27,32,34-37H,2-26,29-30H2,1H3,(H,41,46)(H,42,47);/q-1;/b33-27+;. The van der Waals surface area contributed by atoms with E-state index in [1.54, 1.807) is 6.41 Å². The van der Waals surface area contributed by atoms with Gasteiger partial charge in [-0.05, 0) is 43.6 Å². The molecule has 0 aromatic carbocycles. The van der Waals surface area contributed by atoms with E-state index in [9.17, 15) is 19.6 Å². The molecule has 54 heavy (non-hydrogen) atoms. The van der Waals surface area contributed by atoms with Gasteiger partial charge in [-0.3, -0.25) is 9.59 Å². The minimum absolute atomic E-state index is 0. The number of nitrogens with one attached hydrogen (secondary N) is 2. The Bertz CT molecular complexity index is 1150. The predicted molar refractivity (Wildman–Crippen MR) is 199 cm³/mol. The van der Waals surface area contributed by atoms with Crippen LogP contribution in [-0.4, -0.2) is 151 Å². The van der Waals surface area contributed by atoms with Crippen LogP contribution < -0.4 is 10.6 Å². The number of piperidine rings is 1. The van der Waals surface area contributed by atoms with Crippen molar-refractivity contribution in [2.24, 2.45) is 17.8 Å². The van der Waals surface area contributed by atoms with Crippen molar-refractivity contribution in [1.29, 1.82) is 5.26 Å². The molecule has 14 nitrogen and oxygen atoms in total. The third-order valence-corrected chi connectivity index (χ3v) is 11.1. The van der Waals surface area contributed by atoms with E-state index in [1.165, 1.54) is 38.5 Å². The Morgan fingerprint density at radius 1 is 0.759 bits per heavy atom. The SMILES string of the molecule is CN1CCC(/C=C(\C#N)C(=O)N2CC(C(=O)NCCOCCOCCOCCOCCOCCN[C-]=O)CC(C3CCCCC3)C2)N1C1CCCCC1.[Tb]. The maximum absolute atomic E-state index is 14.0. The molecule has 2 aliphatic heterocycles. The number of hydrogen-bond donors (Lipinski definition) is 2. The first-order chi connectivity index (χ1) is 26.0. The van der Waals surface area contributed by atoms with Crippen LogP contribution >= 0.6 is 0 Å². The van der Waals surface area contributed by atoms with Crippen molar-refractivity contribution in [3.63, 3.8) is 0 Å². The summed E-state index contributed by atoms with van der Waals surface area (Å²) in [5.41, 5.74) is 0.212. The van der Waals surface area contributed by atoms with E-state index in [0.717, 1.165) is 45.1 Å². The van der Waals surface area contributed by atoms with Gasteiger partial charge in [0.05, 0.1) is 72.0 Å². The fraction of sp³-hybridized carbons (Fsp3) is 0.846. The molecule has 4 aliphatic rings. The fourth-order valence-electron chi connectivity index (χ4n) is 8.38. The molecule has 2 heterocycles. The van der Waals surface area contributed by atoms with E-state index in [0.29, 0.717) is 104 Å². The molecule has 0 aromatic rings. The average molecular weight is 905 g/mol. The van der Waals surface area contributed by atoms with Gasteiger partial charge >= 0.3 is 0 Å². The van der Waals surface area contributed by atoms with Gasteiger partial charge in [-0.25, -0.2) is 10.0 Å². The monoisotopic (exact) mass is 904 g/mol. The molecular formula is C39H65N6O8Tb-. The summed E-state index contributed by atoms with van der Waals surface area (Å²) in [5, 5.41) is 20.4. The smallest absolute Gasteiger partial charge is 0.264 e. The first-order valence-corrected chi connectivity index (χ1v) is 20.2. The molecule has 3 atom stereocenters. The van der Waals surface area contributed by atoms with Gasteiger partial charge < -0.3 is 44.0 Å². The summed E-state index contributed by atoms with van der Waals surface area (Å²) in [7, 11) is 2.12. The third kappa shape index (κ3) is 16.6. The van der Waals surface area contributed by atoms with Gasteiger partial charge in [0.25, 0.3) is 5.91 Å². The number of ether oxygens (including phenoxy) is 5. The van der Waals surface area contributed by atoms with Crippen LogP contribution in [0.5, 0.6) is 0 Å². The van der Waals surface area contributed by atoms with Gasteiger partial charge in [0.1, 0.15) is 11.6 Å². The van der Waals surface area contributed by atoms with Crippen molar-refractivity contribution in [2.45, 2.75) is 89.1 Å². The van der Waals surface area contributed by atoms with E-state index in [1.807, 2.05) is 11.0 Å². The maximum atomic E-state index is 14.0. The molecule has 4 rings (SSSR count). The number of hydrazine groups is 1. The van der Waals surface area contributed by atoms with E-state index in [-0.39, 0.29) is 73.9 Å². The number of carbonyl (C=O) groups is 2. The van der Waals surface area contributed by atoms with Crippen LogP contribution in [0.4, 0.5) is 0 Å². The van der Waals surface area contributed by atoms with Crippen LogP contribution in [0.2, 0.25) is 0 Å². The Balaban J connectivity index is 0.00000784. The fourth-order valence-corrected chi connectivity index (χ4v) is 8.38. The Morgan fingerprint density at radius 2 is 1.31 bits per heavy atom. The van der Waals surface area contributed by atoms with Crippen molar-refractivity contribution in [1.82, 2.24) is 25.6 Å². The summed E-state index contributed by atoms with van der Waals surface area (Å²) in [6.45, 7) is 7.06. The number of hydrogen-bond acceptors (Lipinski definition) is 11. The molecule has 4 fully saturated rings. The van der Waals surface area contributed by atoms with Crippen LogP contribution in [-0.2, 0) is 38.1 Å². The summed E-state index contributed by atoms with van der Waals surface area (Å²) in [6, 6.07) is 2.77. The molecule has 2 aliphatic carbocycles. The molecule has 0 spiro atoms. The quantitative estimate of drug-likeness (QED) is 0.0484. The predicted octanol–water partition coefficient (Wildman–Crippen LogP) is 2.59. The average Bonchev–Trinajstić information content (AvgIpc) is 3.57. The van der Waals surface area contributed by atoms with Crippen LogP contribution in [0, 0.1) is 67.7 Å². The minimum Gasteiger partial charge on any atom is -0.528 e. The molecular weight excluding hydrogens is 839 g/mol. The van der Waals surface area contributed by atoms with Crippen LogP contribution in [0.1, 0.15) is 77.0 Å². The molecule has 0 bridgehead atoms. The van der Waals surface area contributed by atoms with Crippen LogP contribution in [0.15, 0.2) is 11.6 Å². The largest absolute Gasteiger partial charge is 0.528 e. The molecule has 309 valence electrons. The first kappa shape index (κ1) is 47.0. The van der Waals surface area contributed by atoms with Crippen molar-refractivity contribution in [3.8, 4) is 6.07 Å². The van der Waals surface area contributed by atoms with Crippen LogP contribution in [0.3, 0.4) is 0 Å². The maximum Gasteiger partial charge on any atom is 0.264 e. The van der Waals surface area contributed by atoms with E-state index in [2.05, 4.69) is 33.8 Å². The Kier molecular flexibility index (Phi) is 24.5. The van der Waals surface area contributed by atoms with Gasteiger partial charge in [0.15, 0.2) is 0 Å². The Labute approximate surface area is 354 Å². The molecule has 2 N–H and O–H groups in total. The van der Waals surface area contributed by atoms with E-state index in [4.69, 9.17) is 23.7 Å². The van der Waals surface area contributed by atoms with Crippen molar-refractivity contribution in [3.05, 3.63) is 11.6 Å². The molecule has 1 radical (unpaired) electrons. The van der Waals surface area contributed by atoms with Gasteiger partial charge in [-0.2, -0.15) is 11.7 Å². The Hall–Kier alpha value is -1.35. The zero-order valence-corrected chi connectivity index (χ0v) is 34.6. The van der Waals surface area contributed by atoms with Gasteiger partial charge in [0.2, 0.25) is 5.91 Å². The Morgan fingerprint density at radius 3 is 1.89 bits per heavy atom. The number of carbonyl (C=O) groups excluding carboxylic acids is 3. The number of rotatable bonds is 24. The van der Waals surface area contributed by atoms with Gasteiger partial charge in [-0.15, -0.1) is 0 Å². The second-order valence-corrected chi connectivity index (χ2v) is 14.8. The number of nitriles is 1. The zero-order chi connectivity index (χ0) is 37.5. The summed E-state index contributed by atoms with van der Waals surface area (Å²) >= 11 is 0. The van der Waals surface area contributed by atoms with Crippen LogP contribution in [0.25, 0.3) is 0 Å². The molecule has 2 saturated carbocycles. The summed E-state index contributed by atoms with van der Waals surface area (Å²) in [4.78, 5) is 39.3. The molecule has 3 unspecified atom stereocenters. The van der Waals surface area contributed by atoms with Crippen molar-refractivity contribution < 1.29 is 76.7 Å². The van der Waals surface area contributed by atoms with E-state index >= 15 is 0 Å². The second kappa shape index (κ2) is 28.1. The normalized spacial score (nSPS) is 23.4. The van der Waals surface area contributed by atoms with Crippen molar-refractivity contribution >= 4 is 18.2 Å². The molecule has 0 aromatic heterocycles. The summed E-state index contributed by atoms with van der Waals surface area (Å²) < 4.78 is 27.4. The molecule has 2 saturated heterocycles.